The number of hydrogen-bond acceptors (Lipinski definition) is 2. The van der Waals surface area contributed by atoms with Crippen LogP contribution in [0.2, 0.25) is 0 Å². The van der Waals surface area contributed by atoms with Gasteiger partial charge in [-0.15, -0.1) is 0 Å². The normalized spacial score (nSPS) is 36.4. The predicted octanol–water partition coefficient (Wildman–Crippen LogP) is 3.48. The lowest BCUT2D eigenvalue weighted by Crippen LogP contribution is -2.32. The smallest absolute Gasteiger partial charge is 0.0605 e. The van der Waals surface area contributed by atoms with Gasteiger partial charge >= 0.3 is 0 Å². The van der Waals surface area contributed by atoms with Gasteiger partial charge in [-0.05, 0) is 74.5 Å². The highest BCUT2D eigenvalue weighted by atomic mass is 14.9. The first-order chi connectivity index (χ1) is 9.40. The number of hydrogen-bond donors (Lipinski definition) is 1. The maximum absolute atomic E-state index is 4.63. The fourth-order valence-electron chi connectivity index (χ4n) is 4.73. The van der Waals surface area contributed by atoms with E-state index in [1.54, 1.807) is 0 Å². The molecule has 0 aromatic carbocycles. The molecule has 4 unspecified atom stereocenters. The third-order valence-corrected chi connectivity index (χ3v) is 5.71. The molecule has 2 heteroatoms. The summed E-state index contributed by atoms with van der Waals surface area (Å²) in [6, 6.07) is 4.86. The maximum atomic E-state index is 4.63. The van der Waals surface area contributed by atoms with Gasteiger partial charge in [-0.25, -0.2) is 0 Å². The summed E-state index contributed by atoms with van der Waals surface area (Å²) in [7, 11) is 0. The van der Waals surface area contributed by atoms with Crippen LogP contribution in [-0.2, 0) is 6.42 Å². The average Bonchev–Trinajstić information content (AvgIpc) is 3.07. The van der Waals surface area contributed by atoms with Crippen molar-refractivity contribution >= 4 is 0 Å². The fourth-order valence-corrected chi connectivity index (χ4v) is 4.73. The van der Waals surface area contributed by atoms with E-state index in [0.29, 0.717) is 6.04 Å². The molecule has 102 valence electrons. The van der Waals surface area contributed by atoms with E-state index in [0.717, 1.165) is 17.8 Å². The third kappa shape index (κ3) is 2.20. The summed E-state index contributed by atoms with van der Waals surface area (Å²) in [6.45, 7) is 1.22. The highest BCUT2D eigenvalue weighted by Crippen LogP contribution is 2.48. The van der Waals surface area contributed by atoms with Gasteiger partial charge in [0.2, 0.25) is 0 Å². The Bertz CT molecular complexity index is 456. The van der Waals surface area contributed by atoms with Gasteiger partial charge in [-0.3, -0.25) is 4.98 Å². The molecule has 0 radical (unpaired) electrons. The molecule has 0 spiro atoms. The lowest BCUT2D eigenvalue weighted by molar-refractivity contribution is 0.298. The number of fused-ring (bicyclic) bond motifs is 3. The van der Waals surface area contributed by atoms with Crippen LogP contribution in [0.1, 0.15) is 55.8 Å². The summed E-state index contributed by atoms with van der Waals surface area (Å²) < 4.78 is 0. The monoisotopic (exact) mass is 256 g/mol. The first kappa shape index (κ1) is 11.9. The van der Waals surface area contributed by atoms with Crippen LogP contribution in [0.25, 0.3) is 0 Å². The molecule has 2 nitrogen and oxygen atoms in total. The molecule has 0 amide bonds. The molecule has 4 atom stereocenters. The lowest BCUT2D eigenvalue weighted by Gasteiger charge is -2.28. The zero-order valence-electron chi connectivity index (χ0n) is 11.6. The molecular formula is C17H24N2. The van der Waals surface area contributed by atoms with E-state index < -0.39 is 0 Å². The Morgan fingerprint density at radius 2 is 2.21 bits per heavy atom. The van der Waals surface area contributed by atoms with Gasteiger partial charge in [0.1, 0.15) is 0 Å². The number of aromatic nitrogens is 1. The minimum absolute atomic E-state index is 0.518. The van der Waals surface area contributed by atoms with Crippen molar-refractivity contribution < 1.29 is 0 Å². The summed E-state index contributed by atoms with van der Waals surface area (Å²) in [4.78, 5) is 4.63. The quantitative estimate of drug-likeness (QED) is 0.895. The van der Waals surface area contributed by atoms with E-state index in [1.807, 2.05) is 6.20 Å². The van der Waals surface area contributed by atoms with Crippen LogP contribution in [0.5, 0.6) is 0 Å². The van der Waals surface area contributed by atoms with E-state index in [2.05, 4.69) is 22.4 Å². The predicted molar refractivity (Wildman–Crippen MR) is 76.9 cm³/mol. The Labute approximate surface area is 116 Å². The molecule has 2 saturated carbocycles. The van der Waals surface area contributed by atoms with Crippen LogP contribution in [0.4, 0.5) is 0 Å². The van der Waals surface area contributed by atoms with Crippen LogP contribution in [-0.4, -0.2) is 11.5 Å². The molecule has 2 fully saturated rings. The number of nitrogens with zero attached hydrogens (tertiary/aromatic N) is 1. The maximum Gasteiger partial charge on any atom is 0.0605 e. The number of nitrogens with one attached hydrogen (secondary N) is 1. The molecule has 1 N–H and O–H groups in total. The third-order valence-electron chi connectivity index (χ3n) is 5.71. The second-order valence-corrected chi connectivity index (χ2v) is 6.84. The first-order valence-electron chi connectivity index (χ1n) is 8.07. The van der Waals surface area contributed by atoms with Crippen molar-refractivity contribution in [3.05, 3.63) is 29.6 Å². The Morgan fingerprint density at radius 1 is 1.21 bits per heavy atom. The summed E-state index contributed by atoms with van der Waals surface area (Å²) in [6.07, 6.45) is 11.8. The van der Waals surface area contributed by atoms with E-state index in [9.17, 15) is 0 Å². The lowest BCUT2D eigenvalue weighted by atomic mass is 9.87. The summed E-state index contributed by atoms with van der Waals surface area (Å²) >= 11 is 0. The highest BCUT2D eigenvalue weighted by Gasteiger charge is 2.39. The molecular weight excluding hydrogens is 232 g/mol. The molecule has 0 aliphatic heterocycles. The Kier molecular flexibility index (Phi) is 3.07. The van der Waals surface area contributed by atoms with Crippen LogP contribution >= 0.6 is 0 Å². The molecule has 1 aromatic rings. The van der Waals surface area contributed by atoms with Crippen molar-refractivity contribution in [2.45, 2.75) is 51.0 Å². The zero-order chi connectivity index (χ0) is 12.7. The van der Waals surface area contributed by atoms with E-state index >= 15 is 0 Å². The summed E-state index contributed by atoms with van der Waals surface area (Å²) in [5, 5.41) is 3.84. The van der Waals surface area contributed by atoms with Gasteiger partial charge in [0.05, 0.1) is 5.69 Å². The number of pyridine rings is 1. The molecule has 3 aliphatic rings. The summed E-state index contributed by atoms with van der Waals surface area (Å²) in [5.74, 6) is 3.05. The second-order valence-electron chi connectivity index (χ2n) is 6.84. The van der Waals surface area contributed by atoms with E-state index in [1.165, 1.54) is 62.7 Å². The number of aryl methyl sites for hydroxylation is 1. The number of rotatable bonds is 3. The van der Waals surface area contributed by atoms with Gasteiger partial charge in [0.25, 0.3) is 0 Å². The van der Waals surface area contributed by atoms with E-state index in [4.69, 9.17) is 0 Å². The van der Waals surface area contributed by atoms with Crippen molar-refractivity contribution in [2.24, 2.45) is 17.8 Å². The Morgan fingerprint density at radius 3 is 3.05 bits per heavy atom. The molecule has 0 saturated heterocycles. The topological polar surface area (TPSA) is 24.9 Å². The Balaban J connectivity index is 1.41. The Hall–Kier alpha value is -0.890. The van der Waals surface area contributed by atoms with Crippen LogP contribution in [0.3, 0.4) is 0 Å². The van der Waals surface area contributed by atoms with Crippen LogP contribution in [0, 0.1) is 17.8 Å². The van der Waals surface area contributed by atoms with Crippen molar-refractivity contribution in [3.8, 4) is 0 Å². The summed E-state index contributed by atoms with van der Waals surface area (Å²) in [5.41, 5.74) is 2.80. The second kappa shape index (κ2) is 4.90. The highest BCUT2D eigenvalue weighted by molar-refractivity contribution is 5.25. The van der Waals surface area contributed by atoms with Crippen LogP contribution < -0.4 is 5.32 Å². The molecule has 4 rings (SSSR count). The molecule has 2 bridgehead atoms. The minimum atomic E-state index is 0.518. The largest absolute Gasteiger partial charge is 0.308 e. The zero-order valence-corrected chi connectivity index (χ0v) is 11.6. The molecule has 19 heavy (non-hydrogen) atoms. The molecule has 1 aromatic heterocycles. The van der Waals surface area contributed by atoms with Crippen LogP contribution in [0.15, 0.2) is 18.3 Å². The van der Waals surface area contributed by atoms with Gasteiger partial charge in [0, 0.05) is 12.2 Å². The fraction of sp³-hybridized carbons (Fsp3) is 0.706. The average molecular weight is 256 g/mol. The van der Waals surface area contributed by atoms with Crippen molar-refractivity contribution in [3.63, 3.8) is 0 Å². The van der Waals surface area contributed by atoms with Crippen molar-refractivity contribution in [1.82, 2.24) is 10.3 Å². The standard InChI is InChI=1S/C17H24N2/c1-3-13-4-2-8-18-17(13)16(5-1)19-11-15-10-12-6-7-14(15)9-12/h2,4,8,12,14-16,19H,1,3,5-7,9-11H2. The molecule has 1 heterocycles. The van der Waals surface area contributed by atoms with Gasteiger partial charge in [-0.2, -0.15) is 0 Å². The molecule has 3 aliphatic carbocycles. The first-order valence-corrected chi connectivity index (χ1v) is 8.07. The van der Waals surface area contributed by atoms with Crippen molar-refractivity contribution in [2.75, 3.05) is 6.54 Å². The van der Waals surface area contributed by atoms with Gasteiger partial charge in [-0.1, -0.05) is 12.5 Å². The SMILES string of the molecule is c1cnc2c(c1)CCCC2NCC1CC2CCC1C2. The van der Waals surface area contributed by atoms with Gasteiger partial charge < -0.3 is 5.32 Å². The van der Waals surface area contributed by atoms with Crippen molar-refractivity contribution in [1.29, 1.82) is 0 Å². The minimum Gasteiger partial charge on any atom is -0.308 e. The van der Waals surface area contributed by atoms with E-state index in [-0.39, 0.29) is 0 Å². The van der Waals surface area contributed by atoms with Gasteiger partial charge in [0.15, 0.2) is 0 Å².